The number of amides is 1. The summed E-state index contributed by atoms with van der Waals surface area (Å²) < 4.78 is 16.0. The van der Waals surface area contributed by atoms with Gasteiger partial charge in [0.2, 0.25) is 0 Å². The first-order valence-corrected chi connectivity index (χ1v) is 11.5. The quantitative estimate of drug-likeness (QED) is 0.484. The van der Waals surface area contributed by atoms with Gasteiger partial charge in [-0.2, -0.15) is 0 Å². The number of esters is 1. The molecule has 176 valence electrons. The molecular formula is C28H29NO5. The van der Waals surface area contributed by atoms with E-state index in [0.29, 0.717) is 17.9 Å². The Morgan fingerprint density at radius 3 is 2.56 bits per heavy atom. The van der Waals surface area contributed by atoms with Gasteiger partial charge in [-0.05, 0) is 66.6 Å². The topological polar surface area (TPSA) is 73.9 Å². The lowest BCUT2D eigenvalue weighted by atomic mass is 9.86. The van der Waals surface area contributed by atoms with Crippen LogP contribution in [-0.2, 0) is 28.9 Å². The first kappa shape index (κ1) is 23.4. The molecular weight excluding hydrogens is 430 g/mol. The van der Waals surface area contributed by atoms with Crippen molar-refractivity contribution in [2.75, 3.05) is 13.7 Å². The number of ether oxygens (including phenoxy) is 3. The van der Waals surface area contributed by atoms with Gasteiger partial charge in [-0.25, -0.2) is 9.59 Å². The molecule has 1 aliphatic rings. The molecule has 0 unspecified atom stereocenters. The fourth-order valence-corrected chi connectivity index (χ4v) is 4.25. The molecule has 0 saturated carbocycles. The fraction of sp³-hybridized carbons (Fsp3) is 0.286. The first-order chi connectivity index (χ1) is 16.6. The summed E-state index contributed by atoms with van der Waals surface area (Å²) in [5.74, 6) is 0.242. The fourth-order valence-electron chi connectivity index (χ4n) is 4.25. The molecule has 0 aliphatic heterocycles. The molecule has 1 atom stereocenters. The molecule has 0 aromatic heterocycles. The number of hydrogen-bond acceptors (Lipinski definition) is 5. The van der Waals surface area contributed by atoms with Crippen LogP contribution in [0, 0.1) is 0 Å². The summed E-state index contributed by atoms with van der Waals surface area (Å²) >= 11 is 0. The summed E-state index contributed by atoms with van der Waals surface area (Å²) in [5, 5.41) is 3.01. The highest BCUT2D eigenvalue weighted by Gasteiger charge is 2.22. The van der Waals surface area contributed by atoms with Gasteiger partial charge in [0.25, 0.3) is 0 Å². The van der Waals surface area contributed by atoms with Crippen LogP contribution in [0.2, 0.25) is 0 Å². The van der Waals surface area contributed by atoms with Gasteiger partial charge in [0.05, 0.1) is 19.3 Å². The monoisotopic (exact) mass is 459 g/mol. The molecule has 1 aliphatic carbocycles. The van der Waals surface area contributed by atoms with Crippen LogP contribution in [0.3, 0.4) is 0 Å². The molecule has 6 nitrogen and oxygen atoms in total. The average molecular weight is 460 g/mol. The number of hydrogen-bond donors (Lipinski definition) is 1. The van der Waals surface area contributed by atoms with Gasteiger partial charge in [0, 0.05) is 11.6 Å². The highest BCUT2D eigenvalue weighted by atomic mass is 16.5. The van der Waals surface area contributed by atoms with E-state index in [1.165, 1.54) is 11.1 Å². The highest BCUT2D eigenvalue weighted by Crippen LogP contribution is 2.34. The molecule has 4 rings (SSSR count). The third-order valence-corrected chi connectivity index (χ3v) is 5.99. The van der Waals surface area contributed by atoms with Gasteiger partial charge < -0.3 is 19.5 Å². The van der Waals surface area contributed by atoms with Gasteiger partial charge in [-0.1, -0.05) is 48.5 Å². The molecule has 0 fully saturated rings. The minimum absolute atomic E-state index is 0.0131. The lowest BCUT2D eigenvalue weighted by Crippen LogP contribution is -2.39. The summed E-state index contributed by atoms with van der Waals surface area (Å²) in [4.78, 5) is 24.4. The van der Waals surface area contributed by atoms with Crippen molar-refractivity contribution in [3.05, 3.63) is 89.0 Å². The number of rotatable bonds is 7. The van der Waals surface area contributed by atoms with Crippen molar-refractivity contribution in [2.24, 2.45) is 0 Å². The van der Waals surface area contributed by atoms with Crippen LogP contribution in [-0.4, -0.2) is 31.8 Å². The van der Waals surface area contributed by atoms with E-state index in [9.17, 15) is 9.59 Å². The van der Waals surface area contributed by atoms with E-state index < -0.39 is 6.09 Å². The minimum Gasteiger partial charge on any atom is -0.496 e. The van der Waals surface area contributed by atoms with E-state index in [-0.39, 0.29) is 18.6 Å². The number of nitrogens with one attached hydrogen (secondary N) is 1. The van der Waals surface area contributed by atoms with Crippen LogP contribution in [0.4, 0.5) is 4.79 Å². The predicted molar refractivity (Wildman–Crippen MR) is 130 cm³/mol. The maximum atomic E-state index is 12.3. The number of benzene rings is 3. The molecule has 0 heterocycles. The zero-order chi connectivity index (χ0) is 23.9. The highest BCUT2D eigenvalue weighted by molar-refractivity contribution is 5.91. The molecule has 0 spiro atoms. The maximum Gasteiger partial charge on any atom is 0.407 e. The van der Waals surface area contributed by atoms with Crippen molar-refractivity contribution in [3.63, 3.8) is 0 Å². The number of carbonyl (C=O) groups is 2. The van der Waals surface area contributed by atoms with Crippen molar-refractivity contribution >= 4 is 12.1 Å². The smallest absolute Gasteiger partial charge is 0.407 e. The van der Waals surface area contributed by atoms with Crippen LogP contribution < -0.4 is 10.1 Å². The van der Waals surface area contributed by atoms with E-state index in [1.54, 1.807) is 26.2 Å². The Hall–Kier alpha value is -3.80. The third kappa shape index (κ3) is 5.57. The Morgan fingerprint density at radius 1 is 0.971 bits per heavy atom. The Bertz CT molecular complexity index is 1160. The number of aryl methyl sites for hydroxylation is 1. The third-order valence-electron chi connectivity index (χ3n) is 5.99. The number of fused-ring (bicyclic) bond motifs is 1. The van der Waals surface area contributed by atoms with Gasteiger partial charge >= 0.3 is 12.1 Å². The van der Waals surface area contributed by atoms with Gasteiger partial charge in [0.15, 0.2) is 0 Å². The summed E-state index contributed by atoms with van der Waals surface area (Å²) in [6, 6.07) is 21.3. The van der Waals surface area contributed by atoms with Crippen molar-refractivity contribution in [2.45, 2.75) is 38.8 Å². The van der Waals surface area contributed by atoms with E-state index in [0.717, 1.165) is 36.0 Å². The molecule has 0 bridgehead atoms. The van der Waals surface area contributed by atoms with Crippen LogP contribution in [0.15, 0.2) is 66.7 Å². The van der Waals surface area contributed by atoms with E-state index in [2.05, 4.69) is 23.5 Å². The first-order valence-electron chi connectivity index (χ1n) is 11.5. The van der Waals surface area contributed by atoms with Gasteiger partial charge in [-0.15, -0.1) is 0 Å². The summed E-state index contributed by atoms with van der Waals surface area (Å²) in [5.41, 5.74) is 5.78. The Balaban J connectivity index is 1.45. The molecule has 0 radical (unpaired) electrons. The van der Waals surface area contributed by atoms with E-state index in [1.807, 2.05) is 36.4 Å². The van der Waals surface area contributed by atoms with Crippen molar-refractivity contribution in [3.8, 4) is 16.9 Å². The lowest BCUT2D eigenvalue weighted by molar-refractivity contribution is 0.0526. The SMILES string of the molecule is CCOC(=O)c1ccc(-c2ccc3c(c2)C[C@@H](NC(=O)OCc2ccccc2)CC3)c(OC)c1. The lowest BCUT2D eigenvalue weighted by Gasteiger charge is -2.26. The van der Waals surface area contributed by atoms with Crippen molar-refractivity contribution < 1.29 is 23.8 Å². The average Bonchev–Trinajstić information content (AvgIpc) is 2.87. The van der Waals surface area contributed by atoms with Gasteiger partial charge in [-0.3, -0.25) is 0 Å². The molecule has 1 amide bonds. The standard InChI is InChI=1S/C28H29NO5/c1-3-33-27(30)22-12-14-25(26(17-22)32-2)21-10-9-20-11-13-24(16-23(20)15-21)29-28(31)34-18-19-7-5-4-6-8-19/h4-10,12,14-15,17,24H,3,11,13,16,18H2,1-2H3,(H,29,31)/t24-/m0/s1. The second-order valence-corrected chi connectivity index (χ2v) is 8.26. The van der Waals surface area contributed by atoms with Crippen molar-refractivity contribution in [1.82, 2.24) is 5.32 Å². The zero-order valence-electron chi connectivity index (χ0n) is 19.5. The van der Waals surface area contributed by atoms with Crippen LogP contribution in [0.5, 0.6) is 5.75 Å². The molecule has 1 N–H and O–H groups in total. The summed E-state index contributed by atoms with van der Waals surface area (Å²) in [6.45, 7) is 2.35. The number of methoxy groups -OCH3 is 1. The van der Waals surface area contributed by atoms with E-state index in [4.69, 9.17) is 14.2 Å². The van der Waals surface area contributed by atoms with Crippen LogP contribution in [0.1, 0.15) is 40.4 Å². The number of alkyl carbamates (subject to hydrolysis) is 1. The second-order valence-electron chi connectivity index (χ2n) is 8.26. The summed E-state index contributed by atoms with van der Waals surface area (Å²) in [7, 11) is 1.59. The van der Waals surface area contributed by atoms with E-state index >= 15 is 0 Å². The van der Waals surface area contributed by atoms with Gasteiger partial charge in [0.1, 0.15) is 12.4 Å². The Morgan fingerprint density at radius 2 is 1.79 bits per heavy atom. The molecule has 3 aromatic rings. The minimum atomic E-state index is -0.398. The van der Waals surface area contributed by atoms with Crippen LogP contribution in [0.25, 0.3) is 11.1 Å². The van der Waals surface area contributed by atoms with Crippen LogP contribution >= 0.6 is 0 Å². The molecule has 0 saturated heterocycles. The molecule has 34 heavy (non-hydrogen) atoms. The van der Waals surface area contributed by atoms with Crippen molar-refractivity contribution in [1.29, 1.82) is 0 Å². The Kier molecular flexibility index (Phi) is 7.48. The maximum absolute atomic E-state index is 12.3. The second kappa shape index (κ2) is 10.9. The number of carbonyl (C=O) groups excluding carboxylic acids is 2. The predicted octanol–water partition coefficient (Wildman–Crippen LogP) is 5.32. The normalized spacial score (nSPS) is 14.6. The molecule has 3 aromatic carbocycles. The zero-order valence-corrected chi connectivity index (χ0v) is 19.5. The molecule has 6 heteroatoms. The Labute approximate surface area is 199 Å². The summed E-state index contributed by atoms with van der Waals surface area (Å²) in [6.07, 6.45) is 2.08. The largest absolute Gasteiger partial charge is 0.496 e.